The van der Waals surface area contributed by atoms with Gasteiger partial charge in [0.25, 0.3) is 5.91 Å². The van der Waals surface area contributed by atoms with E-state index in [0.717, 1.165) is 37.4 Å². The van der Waals surface area contributed by atoms with E-state index >= 15 is 0 Å². The lowest BCUT2D eigenvalue weighted by Crippen LogP contribution is -2.31. The third kappa shape index (κ3) is 7.57. The van der Waals surface area contributed by atoms with Crippen LogP contribution in [-0.4, -0.2) is 56.2 Å². The van der Waals surface area contributed by atoms with E-state index in [0.29, 0.717) is 31.1 Å². The van der Waals surface area contributed by atoms with Crippen LogP contribution in [0, 0.1) is 0 Å². The van der Waals surface area contributed by atoms with Crippen molar-refractivity contribution in [2.75, 3.05) is 50.1 Å². The Labute approximate surface area is 190 Å². The molecule has 0 bridgehead atoms. The zero-order chi connectivity index (χ0) is 22.6. The second-order valence-corrected chi connectivity index (χ2v) is 7.76. The van der Waals surface area contributed by atoms with Crippen LogP contribution in [0.25, 0.3) is 0 Å². The van der Waals surface area contributed by atoms with Gasteiger partial charge in [-0.25, -0.2) is 0 Å². The number of hydrogen-bond donors (Lipinski definition) is 2. The Kier molecular flexibility index (Phi) is 9.37. The van der Waals surface area contributed by atoms with Gasteiger partial charge < -0.3 is 25.0 Å². The normalized spacial score (nSPS) is 13.8. The molecule has 172 valence electrons. The zero-order valence-corrected chi connectivity index (χ0v) is 18.8. The third-order valence-electron chi connectivity index (χ3n) is 5.32. The Morgan fingerprint density at radius 2 is 1.53 bits per heavy atom. The zero-order valence-electron chi connectivity index (χ0n) is 18.8. The molecule has 2 aromatic rings. The van der Waals surface area contributed by atoms with Crippen LogP contribution >= 0.6 is 0 Å². The summed E-state index contributed by atoms with van der Waals surface area (Å²) >= 11 is 0. The number of rotatable bonds is 10. The van der Waals surface area contributed by atoms with Crippen molar-refractivity contribution >= 4 is 23.2 Å². The fraction of sp³-hybridized carbons (Fsp3) is 0.440. The molecule has 32 heavy (non-hydrogen) atoms. The first kappa shape index (κ1) is 23.6. The van der Waals surface area contributed by atoms with Crippen LogP contribution < -0.4 is 15.4 Å². The molecule has 0 aliphatic carbocycles. The lowest BCUT2D eigenvalue weighted by Gasteiger charge is -2.20. The molecule has 0 saturated carbocycles. The quantitative estimate of drug-likeness (QED) is 0.543. The summed E-state index contributed by atoms with van der Waals surface area (Å²) in [7, 11) is 0. The van der Waals surface area contributed by atoms with Crippen molar-refractivity contribution in [2.45, 2.75) is 32.6 Å². The molecule has 0 atom stereocenters. The molecule has 1 fully saturated rings. The summed E-state index contributed by atoms with van der Waals surface area (Å²) in [6.07, 6.45) is 4.51. The van der Waals surface area contributed by atoms with Crippen LogP contribution in [0.3, 0.4) is 0 Å². The van der Waals surface area contributed by atoms with E-state index in [1.807, 2.05) is 36.1 Å². The number of likely N-dealkylation sites (tertiary alicyclic amines) is 1. The predicted molar refractivity (Wildman–Crippen MR) is 126 cm³/mol. The van der Waals surface area contributed by atoms with Crippen LogP contribution in [0.15, 0.2) is 48.5 Å². The molecule has 0 unspecified atom stereocenters. The molecule has 0 spiro atoms. The van der Waals surface area contributed by atoms with Gasteiger partial charge in [0.1, 0.15) is 12.4 Å². The first-order valence-corrected chi connectivity index (χ1v) is 11.4. The number of anilines is 2. The van der Waals surface area contributed by atoms with Crippen LogP contribution in [0.2, 0.25) is 0 Å². The summed E-state index contributed by atoms with van der Waals surface area (Å²) in [6, 6.07) is 14.5. The van der Waals surface area contributed by atoms with E-state index in [2.05, 4.69) is 10.6 Å². The molecule has 7 nitrogen and oxygen atoms in total. The van der Waals surface area contributed by atoms with Crippen LogP contribution in [0.1, 0.15) is 43.0 Å². The van der Waals surface area contributed by atoms with E-state index in [1.165, 1.54) is 12.8 Å². The smallest absolute Gasteiger partial charge is 0.253 e. The maximum Gasteiger partial charge on any atom is 0.253 e. The van der Waals surface area contributed by atoms with Crippen molar-refractivity contribution in [3.05, 3.63) is 54.1 Å². The van der Waals surface area contributed by atoms with E-state index in [1.54, 1.807) is 24.3 Å². The minimum absolute atomic E-state index is 0.0664. The Morgan fingerprint density at radius 3 is 2.19 bits per heavy atom. The van der Waals surface area contributed by atoms with E-state index in [9.17, 15) is 9.59 Å². The van der Waals surface area contributed by atoms with E-state index in [-0.39, 0.29) is 18.4 Å². The first-order valence-electron chi connectivity index (χ1n) is 11.4. The Hall–Kier alpha value is -3.06. The van der Waals surface area contributed by atoms with Crippen LogP contribution in [-0.2, 0) is 9.53 Å². The number of benzene rings is 2. The largest absolute Gasteiger partial charge is 0.491 e. The molecule has 0 aromatic heterocycles. The molecular formula is C25H33N3O4. The molecular weight excluding hydrogens is 406 g/mol. The highest BCUT2D eigenvalue weighted by Crippen LogP contribution is 2.17. The second kappa shape index (κ2) is 12.7. The highest BCUT2D eigenvalue weighted by Gasteiger charge is 2.17. The van der Waals surface area contributed by atoms with Gasteiger partial charge in [0.15, 0.2) is 0 Å². The number of carbonyl (C=O) groups excluding carboxylic acids is 2. The second-order valence-electron chi connectivity index (χ2n) is 7.76. The van der Waals surface area contributed by atoms with Crippen molar-refractivity contribution in [1.29, 1.82) is 0 Å². The lowest BCUT2D eigenvalue weighted by molar-refractivity contribution is -0.114. The van der Waals surface area contributed by atoms with Crippen molar-refractivity contribution < 1.29 is 19.1 Å². The predicted octanol–water partition coefficient (Wildman–Crippen LogP) is 4.17. The van der Waals surface area contributed by atoms with Crippen LogP contribution in [0.5, 0.6) is 5.75 Å². The monoisotopic (exact) mass is 439 g/mol. The Morgan fingerprint density at radius 1 is 0.875 bits per heavy atom. The molecule has 1 saturated heterocycles. The maximum atomic E-state index is 12.7. The maximum absolute atomic E-state index is 12.7. The molecule has 1 heterocycles. The van der Waals surface area contributed by atoms with Crippen LogP contribution in [0.4, 0.5) is 11.4 Å². The molecule has 1 aliphatic heterocycles. The number of ether oxygens (including phenoxy) is 2. The average molecular weight is 440 g/mol. The van der Waals surface area contributed by atoms with Gasteiger partial charge in [-0.2, -0.15) is 0 Å². The summed E-state index contributed by atoms with van der Waals surface area (Å²) < 4.78 is 10.8. The molecule has 2 aromatic carbocycles. The Bertz CT molecular complexity index is 844. The van der Waals surface area contributed by atoms with Crippen molar-refractivity contribution in [3.8, 4) is 5.75 Å². The molecule has 2 amide bonds. The number of nitrogens with zero attached hydrogens (tertiary/aromatic N) is 1. The summed E-state index contributed by atoms with van der Waals surface area (Å²) in [5, 5.41) is 5.95. The molecule has 2 N–H and O–H groups in total. The average Bonchev–Trinajstić information content (AvgIpc) is 3.11. The third-order valence-corrected chi connectivity index (χ3v) is 5.32. The summed E-state index contributed by atoms with van der Waals surface area (Å²) in [5.74, 6) is 0.667. The first-order chi connectivity index (χ1) is 15.7. The van der Waals surface area contributed by atoms with Gasteiger partial charge in [-0.1, -0.05) is 12.8 Å². The number of nitrogens with one attached hydrogen (secondary N) is 2. The summed E-state index contributed by atoms with van der Waals surface area (Å²) in [5.41, 5.74) is 2.16. The fourth-order valence-corrected chi connectivity index (χ4v) is 3.57. The van der Waals surface area contributed by atoms with Gasteiger partial charge in [0.05, 0.1) is 13.2 Å². The topological polar surface area (TPSA) is 79.9 Å². The summed E-state index contributed by atoms with van der Waals surface area (Å²) in [6.45, 7) is 5.47. The molecule has 7 heteroatoms. The van der Waals surface area contributed by atoms with Crippen molar-refractivity contribution in [2.24, 2.45) is 0 Å². The highest BCUT2D eigenvalue weighted by molar-refractivity contribution is 5.96. The van der Waals surface area contributed by atoms with Gasteiger partial charge >= 0.3 is 0 Å². The van der Waals surface area contributed by atoms with Crippen molar-refractivity contribution in [1.82, 2.24) is 4.90 Å². The lowest BCUT2D eigenvalue weighted by atomic mass is 10.1. The van der Waals surface area contributed by atoms with Crippen molar-refractivity contribution in [3.63, 3.8) is 0 Å². The van der Waals surface area contributed by atoms with Gasteiger partial charge in [-0.15, -0.1) is 0 Å². The van der Waals surface area contributed by atoms with Gasteiger partial charge in [-0.3, -0.25) is 9.59 Å². The number of amides is 2. The standard InChI is InChI=1S/C25H33N3O4/c1-2-31-17-18-32-23-13-11-21(12-14-23)26-19-24(29)27-22-9-7-20(8-10-22)25(30)28-15-5-3-4-6-16-28/h7-14,26H,2-6,15-19H2,1H3,(H,27,29). The van der Waals surface area contributed by atoms with Gasteiger partial charge in [0.2, 0.25) is 5.91 Å². The minimum Gasteiger partial charge on any atom is -0.491 e. The molecule has 3 rings (SSSR count). The van der Waals surface area contributed by atoms with E-state index in [4.69, 9.17) is 9.47 Å². The SMILES string of the molecule is CCOCCOc1ccc(NCC(=O)Nc2ccc(C(=O)N3CCCCCC3)cc2)cc1. The number of carbonyl (C=O) groups is 2. The van der Waals surface area contributed by atoms with E-state index < -0.39 is 0 Å². The minimum atomic E-state index is -0.159. The summed E-state index contributed by atoms with van der Waals surface area (Å²) in [4.78, 5) is 26.9. The van der Waals surface area contributed by atoms with Gasteiger partial charge in [-0.05, 0) is 68.3 Å². The molecule has 0 radical (unpaired) electrons. The molecule has 1 aliphatic rings. The Balaban J connectivity index is 1.42. The fourth-order valence-electron chi connectivity index (χ4n) is 3.57. The number of hydrogen-bond acceptors (Lipinski definition) is 5. The highest BCUT2D eigenvalue weighted by atomic mass is 16.5. The van der Waals surface area contributed by atoms with Gasteiger partial charge in [0, 0.05) is 36.6 Å².